The molecule has 0 saturated carbocycles. The van der Waals surface area contributed by atoms with Crippen LogP contribution in [0, 0.1) is 0 Å². The number of Topliss-reactive ketones (excluding diaryl/α,β-unsaturated/α-hetero) is 1. The molecule has 17 heavy (non-hydrogen) atoms. The van der Waals surface area contributed by atoms with Crippen LogP contribution in [0.15, 0.2) is 24.3 Å². The highest BCUT2D eigenvalue weighted by Gasteiger charge is 2.02. The van der Waals surface area contributed by atoms with E-state index in [1.807, 2.05) is 31.2 Å². The molecule has 1 aromatic carbocycles. The van der Waals surface area contributed by atoms with Crippen molar-refractivity contribution in [3.05, 3.63) is 34.9 Å². The quantitative estimate of drug-likeness (QED) is 0.741. The number of rotatable bonds is 7. The Labute approximate surface area is 109 Å². The molecule has 0 bridgehead atoms. The number of carbonyl (C=O) groups excluding carboxylic acids is 1. The summed E-state index contributed by atoms with van der Waals surface area (Å²) in [5.74, 6) is 0.352. The molecule has 0 atom stereocenters. The lowest BCUT2D eigenvalue weighted by molar-refractivity contribution is -0.118. The number of hydrogen-bond donors (Lipinski definition) is 0. The first kappa shape index (κ1) is 14.2. The Bertz CT molecular complexity index is 348. The lowest BCUT2D eigenvalue weighted by Gasteiger charge is -2.16. The van der Waals surface area contributed by atoms with Gasteiger partial charge in [-0.2, -0.15) is 0 Å². The van der Waals surface area contributed by atoms with E-state index in [1.54, 1.807) is 0 Å². The van der Waals surface area contributed by atoms with Gasteiger partial charge in [0.25, 0.3) is 0 Å². The summed E-state index contributed by atoms with van der Waals surface area (Å²) in [7, 11) is 2.07. The van der Waals surface area contributed by atoms with Crippen molar-refractivity contribution < 1.29 is 4.79 Å². The fourth-order valence-electron chi connectivity index (χ4n) is 1.70. The molecule has 0 spiro atoms. The number of halogens is 1. The summed E-state index contributed by atoms with van der Waals surface area (Å²) in [5, 5.41) is 0.768. The normalized spacial score (nSPS) is 10.8. The molecule has 0 fully saturated rings. The number of hydrogen-bond acceptors (Lipinski definition) is 2. The highest BCUT2D eigenvalue weighted by molar-refractivity contribution is 6.30. The summed E-state index contributed by atoms with van der Waals surface area (Å²) < 4.78 is 0. The van der Waals surface area contributed by atoms with Crippen LogP contribution in [0.25, 0.3) is 0 Å². The fourth-order valence-corrected chi connectivity index (χ4v) is 1.83. The van der Waals surface area contributed by atoms with Crippen LogP contribution in [0.3, 0.4) is 0 Å². The van der Waals surface area contributed by atoms with Crippen LogP contribution < -0.4 is 0 Å². The molecule has 3 heteroatoms. The molecule has 0 aromatic heterocycles. The highest BCUT2D eigenvalue weighted by atomic mass is 35.5. The SMILES string of the molecule is CCC(=O)CCCN(C)Cc1ccc(Cl)cc1. The number of benzene rings is 1. The van der Waals surface area contributed by atoms with Crippen molar-refractivity contribution in [1.29, 1.82) is 0 Å². The molecule has 0 saturated heterocycles. The Kier molecular flexibility index (Phi) is 6.23. The van der Waals surface area contributed by atoms with Gasteiger partial charge in [0.1, 0.15) is 5.78 Å². The molecule has 0 aliphatic heterocycles. The van der Waals surface area contributed by atoms with E-state index in [0.29, 0.717) is 18.6 Å². The predicted molar refractivity (Wildman–Crippen MR) is 72.3 cm³/mol. The van der Waals surface area contributed by atoms with Crippen molar-refractivity contribution in [2.75, 3.05) is 13.6 Å². The summed E-state index contributed by atoms with van der Waals surface area (Å²) in [5.41, 5.74) is 1.25. The predicted octanol–water partition coefficient (Wildman–Crippen LogP) is 3.53. The van der Waals surface area contributed by atoms with Gasteiger partial charge in [0, 0.05) is 24.4 Å². The largest absolute Gasteiger partial charge is 0.302 e. The van der Waals surface area contributed by atoms with Crippen molar-refractivity contribution in [3.8, 4) is 0 Å². The first-order valence-electron chi connectivity index (χ1n) is 6.06. The Balaban J connectivity index is 2.27. The molecule has 0 unspecified atom stereocenters. The van der Waals surface area contributed by atoms with Gasteiger partial charge in [-0.05, 0) is 37.7 Å². The Hall–Kier alpha value is -0.860. The molecule has 0 amide bonds. The zero-order chi connectivity index (χ0) is 12.7. The zero-order valence-electron chi connectivity index (χ0n) is 10.6. The minimum Gasteiger partial charge on any atom is -0.302 e. The zero-order valence-corrected chi connectivity index (χ0v) is 11.3. The van der Waals surface area contributed by atoms with E-state index < -0.39 is 0 Å². The highest BCUT2D eigenvalue weighted by Crippen LogP contribution is 2.11. The van der Waals surface area contributed by atoms with Crippen LogP contribution in [-0.2, 0) is 11.3 Å². The number of carbonyl (C=O) groups is 1. The van der Waals surface area contributed by atoms with E-state index in [2.05, 4.69) is 11.9 Å². The molecule has 1 rings (SSSR count). The molecule has 2 nitrogen and oxygen atoms in total. The molecule has 0 aliphatic rings. The van der Waals surface area contributed by atoms with Crippen LogP contribution >= 0.6 is 11.6 Å². The summed E-state index contributed by atoms with van der Waals surface area (Å²) >= 11 is 5.83. The van der Waals surface area contributed by atoms with E-state index in [1.165, 1.54) is 5.56 Å². The van der Waals surface area contributed by atoms with Crippen molar-refractivity contribution in [3.63, 3.8) is 0 Å². The summed E-state index contributed by atoms with van der Waals surface area (Å²) in [6.07, 6.45) is 2.29. The van der Waals surface area contributed by atoms with Gasteiger partial charge in [-0.15, -0.1) is 0 Å². The maximum atomic E-state index is 11.2. The van der Waals surface area contributed by atoms with Gasteiger partial charge in [-0.1, -0.05) is 30.7 Å². The van der Waals surface area contributed by atoms with E-state index in [9.17, 15) is 4.79 Å². The molecule has 0 aliphatic carbocycles. The van der Waals surface area contributed by atoms with Crippen LogP contribution in [0.5, 0.6) is 0 Å². The topological polar surface area (TPSA) is 20.3 Å². The monoisotopic (exact) mass is 253 g/mol. The Morgan fingerprint density at radius 2 is 1.94 bits per heavy atom. The van der Waals surface area contributed by atoms with Gasteiger partial charge in [0.2, 0.25) is 0 Å². The second-order valence-electron chi connectivity index (χ2n) is 4.36. The van der Waals surface area contributed by atoms with Crippen LogP contribution in [0.1, 0.15) is 31.7 Å². The van der Waals surface area contributed by atoms with E-state index in [0.717, 1.165) is 24.5 Å². The summed E-state index contributed by atoms with van der Waals surface area (Å²) in [6.45, 7) is 3.77. The molecule has 0 radical (unpaired) electrons. The standard InChI is InChI=1S/C14H20ClNO/c1-3-14(17)5-4-10-16(2)11-12-6-8-13(15)9-7-12/h6-9H,3-5,10-11H2,1-2H3. The Morgan fingerprint density at radius 3 is 2.53 bits per heavy atom. The summed E-state index contributed by atoms with van der Waals surface area (Å²) in [6, 6.07) is 7.89. The van der Waals surface area contributed by atoms with Gasteiger partial charge in [0.05, 0.1) is 0 Å². The molecular formula is C14H20ClNO. The lowest BCUT2D eigenvalue weighted by Crippen LogP contribution is -2.19. The average Bonchev–Trinajstić information content (AvgIpc) is 2.32. The van der Waals surface area contributed by atoms with Gasteiger partial charge in [-0.25, -0.2) is 0 Å². The molecule has 0 N–H and O–H groups in total. The van der Waals surface area contributed by atoms with Crippen LogP contribution in [0.2, 0.25) is 5.02 Å². The van der Waals surface area contributed by atoms with Crippen molar-refractivity contribution >= 4 is 17.4 Å². The minimum atomic E-state index is 0.352. The van der Waals surface area contributed by atoms with E-state index >= 15 is 0 Å². The number of nitrogens with zero attached hydrogens (tertiary/aromatic N) is 1. The van der Waals surface area contributed by atoms with Gasteiger partial charge in [0.15, 0.2) is 0 Å². The van der Waals surface area contributed by atoms with E-state index in [4.69, 9.17) is 11.6 Å². The van der Waals surface area contributed by atoms with Crippen molar-refractivity contribution in [1.82, 2.24) is 4.90 Å². The van der Waals surface area contributed by atoms with Gasteiger partial charge < -0.3 is 4.90 Å². The Morgan fingerprint density at radius 1 is 1.29 bits per heavy atom. The maximum absolute atomic E-state index is 11.2. The lowest BCUT2D eigenvalue weighted by atomic mass is 10.1. The second kappa shape index (κ2) is 7.46. The third-order valence-corrected chi connectivity index (χ3v) is 3.01. The van der Waals surface area contributed by atoms with Gasteiger partial charge in [-0.3, -0.25) is 4.79 Å². The smallest absolute Gasteiger partial charge is 0.132 e. The third kappa shape index (κ3) is 5.85. The molecule has 0 heterocycles. The maximum Gasteiger partial charge on any atom is 0.132 e. The second-order valence-corrected chi connectivity index (χ2v) is 4.80. The van der Waals surface area contributed by atoms with Crippen LogP contribution in [-0.4, -0.2) is 24.3 Å². The van der Waals surface area contributed by atoms with Gasteiger partial charge >= 0.3 is 0 Å². The summed E-state index contributed by atoms with van der Waals surface area (Å²) in [4.78, 5) is 13.4. The first-order chi connectivity index (χ1) is 8.11. The molecular weight excluding hydrogens is 234 g/mol. The van der Waals surface area contributed by atoms with Crippen molar-refractivity contribution in [2.45, 2.75) is 32.7 Å². The number of ketones is 1. The van der Waals surface area contributed by atoms with Crippen LogP contribution in [0.4, 0.5) is 0 Å². The van der Waals surface area contributed by atoms with Crippen molar-refractivity contribution in [2.24, 2.45) is 0 Å². The molecule has 1 aromatic rings. The first-order valence-corrected chi connectivity index (χ1v) is 6.44. The van der Waals surface area contributed by atoms with E-state index in [-0.39, 0.29) is 0 Å². The third-order valence-electron chi connectivity index (χ3n) is 2.76. The molecule has 94 valence electrons. The fraction of sp³-hybridized carbons (Fsp3) is 0.500. The average molecular weight is 254 g/mol. The minimum absolute atomic E-state index is 0.352.